The minimum Gasteiger partial charge on any atom is -0.456 e. The molecule has 8 heteroatoms. The number of nitrogens with zero attached hydrogens (tertiary/aromatic N) is 1. The van der Waals surface area contributed by atoms with Gasteiger partial charge in [-0.1, -0.05) is 0 Å². The van der Waals surface area contributed by atoms with Crippen molar-refractivity contribution in [3.63, 3.8) is 0 Å². The molecule has 2 aromatic rings. The summed E-state index contributed by atoms with van der Waals surface area (Å²) < 4.78 is 29.9. The predicted molar refractivity (Wildman–Crippen MR) is 87.7 cm³/mol. The van der Waals surface area contributed by atoms with Gasteiger partial charge in [-0.05, 0) is 45.3 Å². The fourth-order valence-electron chi connectivity index (χ4n) is 1.84. The maximum absolute atomic E-state index is 14.2. The van der Waals surface area contributed by atoms with E-state index in [1.807, 2.05) is 0 Å². The van der Waals surface area contributed by atoms with Crippen LogP contribution >= 0.6 is 0 Å². The van der Waals surface area contributed by atoms with Crippen LogP contribution in [-0.2, 0) is 20.8 Å². The molecule has 0 saturated carbocycles. The smallest absolute Gasteiger partial charge is 0.309 e. The van der Waals surface area contributed by atoms with Crippen molar-refractivity contribution >= 4 is 30.0 Å². The lowest BCUT2D eigenvalue weighted by Crippen LogP contribution is -2.49. The van der Waals surface area contributed by atoms with Crippen LogP contribution in [0.15, 0.2) is 16.5 Å². The van der Waals surface area contributed by atoms with E-state index in [1.54, 1.807) is 33.8 Å². The maximum Gasteiger partial charge on any atom is 0.309 e. The largest absolute Gasteiger partial charge is 0.456 e. The Labute approximate surface area is 140 Å². The summed E-state index contributed by atoms with van der Waals surface area (Å²) in [6.45, 7) is 7.93. The lowest BCUT2D eigenvalue weighted by molar-refractivity contribution is -0.142. The molecule has 0 amide bonds. The molecule has 0 atom stereocenters. The van der Waals surface area contributed by atoms with Crippen LogP contribution in [-0.4, -0.2) is 34.7 Å². The highest BCUT2D eigenvalue weighted by Gasteiger charge is 2.35. The first-order valence-corrected chi connectivity index (χ1v) is 7.57. The van der Waals surface area contributed by atoms with Crippen LogP contribution in [0, 0.1) is 5.82 Å². The highest BCUT2D eigenvalue weighted by molar-refractivity contribution is 6.47. The summed E-state index contributed by atoms with van der Waals surface area (Å²) in [6.07, 6.45) is 0. The second-order valence-corrected chi connectivity index (χ2v) is 6.67. The number of esters is 1. The van der Waals surface area contributed by atoms with Crippen LogP contribution in [0.4, 0.5) is 4.39 Å². The molecule has 1 N–H and O–H groups in total. The lowest BCUT2D eigenvalue weighted by atomic mass is 9.82. The maximum atomic E-state index is 14.2. The van der Waals surface area contributed by atoms with Gasteiger partial charge in [-0.25, -0.2) is 9.37 Å². The van der Waals surface area contributed by atoms with Gasteiger partial charge in [-0.3, -0.25) is 4.79 Å². The van der Waals surface area contributed by atoms with Crippen molar-refractivity contribution < 1.29 is 28.1 Å². The van der Waals surface area contributed by atoms with E-state index in [0.29, 0.717) is 11.0 Å². The van der Waals surface area contributed by atoms with Gasteiger partial charge in [-0.15, -0.1) is 0 Å². The number of hydrogen-bond donors (Lipinski definition) is 1. The number of carbonyl (C=O) groups is 1. The summed E-state index contributed by atoms with van der Waals surface area (Å²) in [5.74, 6) is -0.927. The Kier molecular flexibility index (Phi) is 5.01. The molecule has 24 heavy (non-hydrogen) atoms. The Bertz CT molecular complexity index is 751. The molecule has 0 radical (unpaired) electrons. The number of hydrogen-bond acceptors (Lipinski definition) is 6. The normalized spacial score (nSPS) is 12.5. The zero-order valence-electron chi connectivity index (χ0n) is 14.5. The predicted octanol–water partition coefficient (Wildman–Crippen LogP) is 1.57. The Morgan fingerprint density at radius 2 is 2.04 bits per heavy atom. The van der Waals surface area contributed by atoms with Crippen molar-refractivity contribution in [2.24, 2.45) is 0 Å². The highest BCUT2D eigenvalue weighted by Crippen LogP contribution is 2.24. The van der Waals surface area contributed by atoms with Gasteiger partial charge in [0.25, 0.3) is 0 Å². The molecule has 2 rings (SSSR count). The average Bonchev–Trinajstić information content (AvgIpc) is 2.85. The SMILES string of the molecule is CC(=O)OCc1nc2cc(BOC(C)(C)C(C)(C)O)cc(F)c2o1. The van der Waals surface area contributed by atoms with Crippen LogP contribution in [0.5, 0.6) is 0 Å². The van der Waals surface area contributed by atoms with E-state index in [9.17, 15) is 14.3 Å². The summed E-state index contributed by atoms with van der Waals surface area (Å²) in [5.41, 5.74) is -0.993. The summed E-state index contributed by atoms with van der Waals surface area (Å²) in [6, 6.07) is 2.93. The van der Waals surface area contributed by atoms with Crippen LogP contribution in [0.25, 0.3) is 11.1 Å². The van der Waals surface area contributed by atoms with Gasteiger partial charge >= 0.3 is 13.5 Å². The van der Waals surface area contributed by atoms with E-state index in [1.165, 1.54) is 13.0 Å². The van der Waals surface area contributed by atoms with Gasteiger partial charge in [0.2, 0.25) is 5.89 Å². The third-order valence-corrected chi connectivity index (χ3v) is 4.02. The number of halogens is 1. The van der Waals surface area contributed by atoms with Gasteiger partial charge in [0.1, 0.15) is 5.52 Å². The van der Waals surface area contributed by atoms with Crippen molar-refractivity contribution in [3.8, 4) is 0 Å². The topological polar surface area (TPSA) is 81.8 Å². The number of carbonyl (C=O) groups excluding carboxylic acids is 1. The molecule has 0 saturated heterocycles. The van der Waals surface area contributed by atoms with Crippen molar-refractivity contribution in [1.29, 1.82) is 0 Å². The first-order valence-electron chi connectivity index (χ1n) is 7.57. The molecule has 0 aliphatic heterocycles. The fourth-order valence-corrected chi connectivity index (χ4v) is 1.84. The van der Waals surface area contributed by atoms with Crippen molar-refractivity contribution in [1.82, 2.24) is 4.98 Å². The van der Waals surface area contributed by atoms with Crippen LogP contribution < -0.4 is 5.46 Å². The number of rotatable bonds is 6. The van der Waals surface area contributed by atoms with Gasteiger partial charge in [-0.2, -0.15) is 0 Å². The average molecular weight is 337 g/mol. The van der Waals surface area contributed by atoms with Gasteiger partial charge < -0.3 is 18.9 Å². The minimum atomic E-state index is -1.05. The molecule has 6 nitrogen and oxygen atoms in total. The lowest BCUT2D eigenvalue weighted by Gasteiger charge is -2.37. The summed E-state index contributed by atoms with van der Waals surface area (Å²) in [7, 11) is 0.107. The molecule has 1 aromatic carbocycles. The van der Waals surface area contributed by atoms with Crippen LogP contribution in [0.2, 0.25) is 0 Å². The zero-order chi connectivity index (χ0) is 18.1. The molecule has 0 spiro atoms. The van der Waals surface area contributed by atoms with E-state index in [-0.39, 0.29) is 25.6 Å². The van der Waals surface area contributed by atoms with Crippen molar-refractivity contribution in [2.45, 2.75) is 52.4 Å². The third-order valence-electron chi connectivity index (χ3n) is 4.02. The van der Waals surface area contributed by atoms with Crippen molar-refractivity contribution in [3.05, 3.63) is 23.8 Å². The van der Waals surface area contributed by atoms with Crippen LogP contribution in [0.1, 0.15) is 40.5 Å². The van der Waals surface area contributed by atoms with E-state index >= 15 is 0 Å². The first kappa shape index (κ1) is 18.4. The molecular formula is C16H21BFNO5. The molecule has 130 valence electrons. The number of aliphatic hydroxyl groups is 1. The second-order valence-electron chi connectivity index (χ2n) is 6.67. The Morgan fingerprint density at radius 1 is 1.38 bits per heavy atom. The quantitative estimate of drug-likeness (QED) is 0.637. The molecule has 0 fully saturated rings. The summed E-state index contributed by atoms with van der Waals surface area (Å²) in [5, 5.41) is 10.1. The van der Waals surface area contributed by atoms with Crippen LogP contribution in [0.3, 0.4) is 0 Å². The Hall–Kier alpha value is -1.93. The monoisotopic (exact) mass is 337 g/mol. The molecule has 1 aromatic heterocycles. The van der Waals surface area contributed by atoms with Gasteiger partial charge in [0.05, 0.1) is 11.2 Å². The standard InChI is InChI=1S/C16H21BFNO5/c1-9(20)22-8-13-19-12-7-10(6-11(18)14(12)23-13)17-24-16(4,5)15(2,3)21/h6-7,17,21H,8H2,1-5H3. The Balaban J connectivity index is 2.19. The zero-order valence-corrected chi connectivity index (χ0v) is 14.5. The van der Waals surface area contributed by atoms with Gasteiger partial charge in [0, 0.05) is 6.92 Å². The number of aromatic nitrogens is 1. The minimum absolute atomic E-state index is 0.00245. The van der Waals surface area contributed by atoms with E-state index in [4.69, 9.17) is 13.8 Å². The summed E-state index contributed by atoms with van der Waals surface area (Å²) in [4.78, 5) is 14.9. The second kappa shape index (κ2) is 6.53. The summed E-state index contributed by atoms with van der Waals surface area (Å²) >= 11 is 0. The third kappa shape index (κ3) is 4.13. The van der Waals surface area contributed by atoms with E-state index in [2.05, 4.69) is 4.98 Å². The van der Waals surface area contributed by atoms with E-state index < -0.39 is 23.0 Å². The van der Waals surface area contributed by atoms with Gasteiger partial charge in [0.15, 0.2) is 18.0 Å². The number of fused-ring (bicyclic) bond motifs is 1. The molecule has 0 aliphatic carbocycles. The molecule has 0 bridgehead atoms. The molecule has 0 unspecified atom stereocenters. The number of ether oxygens (including phenoxy) is 1. The number of benzene rings is 1. The van der Waals surface area contributed by atoms with E-state index in [0.717, 1.165) is 0 Å². The molecule has 1 heterocycles. The Morgan fingerprint density at radius 3 is 2.62 bits per heavy atom. The highest BCUT2D eigenvalue weighted by atomic mass is 19.1. The number of oxazole rings is 1. The molecule has 0 aliphatic rings. The van der Waals surface area contributed by atoms with Crippen molar-refractivity contribution in [2.75, 3.05) is 0 Å². The molecular weight excluding hydrogens is 316 g/mol. The fraction of sp³-hybridized carbons (Fsp3) is 0.500. The first-order chi connectivity index (χ1) is 11.0.